The van der Waals surface area contributed by atoms with Crippen LogP contribution in [0.2, 0.25) is 0 Å². The van der Waals surface area contributed by atoms with Crippen LogP contribution in [-0.4, -0.2) is 21.9 Å². The summed E-state index contributed by atoms with van der Waals surface area (Å²) in [6.07, 6.45) is -3.80. The average molecular weight is 562 g/mol. The first kappa shape index (κ1) is 26.6. The van der Waals surface area contributed by atoms with Gasteiger partial charge in [0.05, 0.1) is 5.56 Å². The topological polar surface area (TPSA) is 63.2 Å². The molecule has 11 heteroatoms. The Labute approximate surface area is 225 Å². The van der Waals surface area contributed by atoms with Crippen LogP contribution < -0.4 is 4.90 Å². The quantitative estimate of drug-likeness (QED) is 0.188. The van der Waals surface area contributed by atoms with Crippen molar-refractivity contribution in [2.24, 2.45) is 5.41 Å². The Kier molecular flexibility index (Phi) is 6.93. The number of hydrogen-bond donors (Lipinski definition) is 0. The summed E-state index contributed by atoms with van der Waals surface area (Å²) in [5, 5.41) is 8.62. The second-order valence-electron chi connectivity index (χ2n) is 10.1. The minimum absolute atomic E-state index is 0.0851. The van der Waals surface area contributed by atoms with Crippen LogP contribution in [0.3, 0.4) is 0 Å². The van der Waals surface area contributed by atoms with E-state index in [1.54, 1.807) is 24.3 Å². The fourth-order valence-corrected chi connectivity index (χ4v) is 6.82. The lowest BCUT2D eigenvalue weighted by atomic mass is 9.69. The number of thioether (sulfide) groups is 1. The molecule has 0 fully saturated rings. The van der Waals surface area contributed by atoms with E-state index in [4.69, 9.17) is 0 Å². The Morgan fingerprint density at radius 2 is 1.84 bits per heavy atom. The molecule has 5 nitrogen and oxygen atoms in total. The van der Waals surface area contributed by atoms with E-state index in [2.05, 4.69) is 10.2 Å². The summed E-state index contributed by atoms with van der Waals surface area (Å²) < 4.78 is 54.3. The molecule has 1 aromatic heterocycles. The number of allylic oxidation sites excluding steroid dienone is 2. The molecule has 5 rings (SSSR count). The van der Waals surface area contributed by atoms with Crippen molar-refractivity contribution in [2.75, 3.05) is 4.90 Å². The van der Waals surface area contributed by atoms with Crippen LogP contribution in [0.5, 0.6) is 0 Å². The third-order valence-corrected chi connectivity index (χ3v) is 8.74. The van der Waals surface area contributed by atoms with Crippen LogP contribution in [0.15, 0.2) is 64.1 Å². The highest BCUT2D eigenvalue weighted by Crippen LogP contribution is 2.49. The largest absolute Gasteiger partial charge is 0.416 e. The molecule has 0 radical (unpaired) electrons. The number of aromatic nitrogens is 2. The lowest BCUT2D eigenvalue weighted by molar-refractivity contribution is -0.137. The summed E-state index contributed by atoms with van der Waals surface area (Å²) >= 11 is 2.35. The van der Waals surface area contributed by atoms with Crippen LogP contribution in [-0.2, 0) is 21.5 Å². The second kappa shape index (κ2) is 9.92. The van der Waals surface area contributed by atoms with Gasteiger partial charge in [0.15, 0.2) is 10.1 Å². The summed E-state index contributed by atoms with van der Waals surface area (Å²) in [4.78, 5) is 28.2. The predicted molar refractivity (Wildman–Crippen MR) is 137 cm³/mol. The molecule has 1 amide bonds. The van der Waals surface area contributed by atoms with Crippen LogP contribution in [0.4, 0.5) is 22.7 Å². The molecule has 1 aliphatic heterocycles. The van der Waals surface area contributed by atoms with Crippen molar-refractivity contribution in [3.63, 3.8) is 0 Å². The van der Waals surface area contributed by atoms with Gasteiger partial charge >= 0.3 is 6.18 Å². The van der Waals surface area contributed by atoms with Crippen LogP contribution >= 0.6 is 23.1 Å². The maximum atomic E-state index is 14.7. The van der Waals surface area contributed by atoms with E-state index >= 15 is 0 Å². The van der Waals surface area contributed by atoms with Gasteiger partial charge in [-0.25, -0.2) is 4.39 Å². The highest BCUT2D eigenvalue weighted by molar-refractivity contribution is 8.00. The van der Waals surface area contributed by atoms with Crippen molar-refractivity contribution < 1.29 is 27.2 Å². The first-order valence-electron chi connectivity index (χ1n) is 11.9. The van der Waals surface area contributed by atoms with Gasteiger partial charge in [-0.2, -0.15) is 13.2 Å². The molecule has 198 valence electrons. The molecule has 2 aromatic carbocycles. The summed E-state index contributed by atoms with van der Waals surface area (Å²) in [5.74, 6) is -1.34. The number of benzene rings is 2. The number of carbonyl (C=O) groups is 2. The predicted octanol–water partition coefficient (Wildman–Crippen LogP) is 7.15. The van der Waals surface area contributed by atoms with E-state index in [0.717, 1.165) is 23.5 Å². The number of Topliss-reactive ketones (excluding diaryl/α,β-unsaturated/α-hetero) is 1. The van der Waals surface area contributed by atoms with E-state index in [9.17, 15) is 27.2 Å². The number of anilines is 1. The van der Waals surface area contributed by atoms with E-state index in [1.165, 1.54) is 28.8 Å². The minimum atomic E-state index is -4.43. The molecular weight excluding hydrogens is 538 g/mol. The van der Waals surface area contributed by atoms with Crippen molar-refractivity contribution >= 4 is 39.9 Å². The number of amides is 1. The Morgan fingerprint density at radius 1 is 1.08 bits per heavy atom. The molecule has 1 unspecified atom stereocenters. The van der Waals surface area contributed by atoms with Crippen molar-refractivity contribution in [1.29, 1.82) is 0 Å². The number of alkyl halides is 3. The Balaban J connectivity index is 1.46. The van der Waals surface area contributed by atoms with Crippen LogP contribution in [0.1, 0.15) is 55.7 Å². The van der Waals surface area contributed by atoms with Gasteiger partial charge in [0.25, 0.3) is 0 Å². The number of halogens is 4. The number of nitrogens with zero attached hydrogens (tertiary/aromatic N) is 3. The van der Waals surface area contributed by atoms with Gasteiger partial charge in [-0.15, -0.1) is 10.2 Å². The van der Waals surface area contributed by atoms with Crippen LogP contribution in [0, 0.1) is 11.2 Å². The smallest absolute Gasteiger partial charge is 0.294 e. The van der Waals surface area contributed by atoms with Crippen molar-refractivity contribution in [3.8, 4) is 0 Å². The number of hydrogen-bond acceptors (Lipinski definition) is 6. The molecule has 0 saturated carbocycles. The first-order valence-corrected chi connectivity index (χ1v) is 13.7. The molecular formula is C27H23F4N3O2S2. The highest BCUT2D eigenvalue weighted by atomic mass is 32.2. The molecule has 2 aliphatic rings. The number of carbonyl (C=O) groups excluding carboxylic acids is 2. The maximum absolute atomic E-state index is 14.7. The molecule has 3 aromatic rings. The third-order valence-electron chi connectivity index (χ3n) is 6.63. The SMILES string of the molecule is CC1(C)CC(=O)C2=C(C1)N(c1nnc(SCc3cccc(C(F)(F)F)c3)s1)C(=O)CC2c1ccccc1F. The van der Waals surface area contributed by atoms with Crippen LogP contribution in [0.25, 0.3) is 0 Å². The average Bonchev–Trinajstić information content (AvgIpc) is 3.29. The minimum Gasteiger partial charge on any atom is -0.294 e. The fourth-order valence-electron chi connectivity index (χ4n) is 4.99. The summed E-state index contributed by atoms with van der Waals surface area (Å²) in [6, 6.07) is 11.3. The van der Waals surface area contributed by atoms with Gasteiger partial charge < -0.3 is 0 Å². The standard InChI is InChI=1S/C27H23F4N3O2S2/c1-26(2)12-20-23(21(35)13-26)18(17-8-3-4-9-19(17)28)11-22(36)34(20)24-32-33-25(38-24)37-14-15-6-5-7-16(10-15)27(29,30)31/h3-10,18H,11-14H2,1-2H3. The first-order chi connectivity index (χ1) is 17.9. The molecule has 1 atom stereocenters. The summed E-state index contributed by atoms with van der Waals surface area (Å²) in [7, 11) is 0. The van der Waals surface area contributed by atoms with Gasteiger partial charge in [0.2, 0.25) is 11.0 Å². The van der Waals surface area contributed by atoms with Crippen molar-refractivity contribution in [1.82, 2.24) is 10.2 Å². The Hall–Kier alpha value is -3.05. The van der Waals surface area contributed by atoms with E-state index in [1.807, 2.05) is 13.8 Å². The molecule has 0 spiro atoms. The number of rotatable bonds is 5. The highest BCUT2D eigenvalue weighted by Gasteiger charge is 2.45. The van der Waals surface area contributed by atoms with E-state index < -0.39 is 28.9 Å². The molecule has 1 aliphatic carbocycles. The van der Waals surface area contributed by atoms with Crippen molar-refractivity contribution in [3.05, 3.63) is 82.3 Å². The summed E-state index contributed by atoms with van der Waals surface area (Å²) in [5.41, 5.74) is 0.616. The van der Waals surface area contributed by atoms with Gasteiger partial charge in [-0.3, -0.25) is 14.5 Å². The maximum Gasteiger partial charge on any atom is 0.416 e. The van der Waals surface area contributed by atoms with Gasteiger partial charge in [-0.05, 0) is 35.1 Å². The Morgan fingerprint density at radius 3 is 2.58 bits per heavy atom. The molecule has 0 saturated heterocycles. The molecule has 2 heterocycles. The molecule has 0 N–H and O–H groups in total. The Bertz CT molecular complexity index is 1450. The lowest BCUT2D eigenvalue weighted by Gasteiger charge is -2.41. The van der Waals surface area contributed by atoms with E-state index in [0.29, 0.717) is 33.2 Å². The van der Waals surface area contributed by atoms with Gasteiger partial charge in [0, 0.05) is 35.8 Å². The lowest BCUT2D eigenvalue weighted by Crippen LogP contribution is -2.43. The normalized spacial score (nSPS) is 19.6. The van der Waals surface area contributed by atoms with Gasteiger partial charge in [0.1, 0.15) is 5.82 Å². The number of ketones is 1. The second-order valence-corrected chi connectivity index (χ2v) is 12.3. The molecule has 38 heavy (non-hydrogen) atoms. The fraction of sp³-hybridized carbons (Fsp3) is 0.333. The zero-order chi connectivity index (χ0) is 27.2. The monoisotopic (exact) mass is 561 g/mol. The van der Waals surface area contributed by atoms with Gasteiger partial charge in [-0.1, -0.05) is 73.3 Å². The van der Waals surface area contributed by atoms with E-state index in [-0.39, 0.29) is 35.4 Å². The third kappa shape index (κ3) is 5.26. The molecule has 0 bridgehead atoms. The zero-order valence-electron chi connectivity index (χ0n) is 20.5. The van der Waals surface area contributed by atoms with Crippen molar-refractivity contribution in [2.45, 2.75) is 55.3 Å². The summed E-state index contributed by atoms with van der Waals surface area (Å²) in [6.45, 7) is 3.89. The zero-order valence-corrected chi connectivity index (χ0v) is 22.1.